The molecule has 0 atom stereocenters. The second-order valence-corrected chi connectivity index (χ2v) is 10.8. The van der Waals surface area contributed by atoms with E-state index in [0.717, 1.165) is 0 Å². The summed E-state index contributed by atoms with van der Waals surface area (Å²) in [5.74, 6) is 0. The molecule has 8 rings (SSSR count). The van der Waals surface area contributed by atoms with Crippen molar-refractivity contribution in [2.24, 2.45) is 0 Å². The van der Waals surface area contributed by atoms with E-state index in [2.05, 4.69) is 167 Å². The van der Waals surface area contributed by atoms with Gasteiger partial charge in [-0.05, 0) is 44.8 Å². The van der Waals surface area contributed by atoms with E-state index in [-0.39, 0.29) is 39.7 Å². The van der Waals surface area contributed by atoms with Crippen LogP contribution in [-0.2, 0) is 19.2 Å². The van der Waals surface area contributed by atoms with Gasteiger partial charge in [0.15, 0.2) is 0 Å². The molecule has 46 heavy (non-hydrogen) atoms. The van der Waals surface area contributed by atoms with Crippen molar-refractivity contribution in [3.8, 4) is 22.3 Å². The van der Waals surface area contributed by atoms with Crippen LogP contribution in [0.4, 0.5) is 0 Å². The first kappa shape index (κ1) is 38.8. The molecule has 0 aliphatic heterocycles. The number of fused-ring (bicyclic) bond motifs is 4. The summed E-state index contributed by atoms with van der Waals surface area (Å²) in [7, 11) is 2.97. The molecule has 8 aromatic carbocycles. The fourth-order valence-electron chi connectivity index (χ4n) is 5.99. The van der Waals surface area contributed by atoms with E-state index in [9.17, 15) is 0 Å². The Hall–Kier alpha value is -3.43. The van der Waals surface area contributed by atoms with Gasteiger partial charge in [-0.25, -0.2) is 0 Å². The zero-order valence-corrected chi connectivity index (χ0v) is 30.9. The van der Waals surface area contributed by atoms with Crippen LogP contribution in [0.3, 0.4) is 0 Å². The fraction of sp³-hybridized carbons (Fsp3) is 0.0476. The van der Waals surface area contributed by atoms with E-state index in [1.165, 1.54) is 76.5 Å². The van der Waals surface area contributed by atoms with Crippen LogP contribution in [0.5, 0.6) is 0 Å². The van der Waals surface area contributed by atoms with E-state index in [1.807, 2.05) is 0 Å². The Kier molecular flexibility index (Phi) is 14.7. The number of halogens is 2. The molecule has 232 valence electrons. The summed E-state index contributed by atoms with van der Waals surface area (Å²) in [5.41, 5.74) is 7.88. The van der Waals surface area contributed by atoms with Gasteiger partial charge >= 0.3 is 26.8 Å². The van der Waals surface area contributed by atoms with Gasteiger partial charge in [-0.2, -0.15) is 12.1 Å². The molecule has 0 aromatic heterocycles. The first-order chi connectivity index (χ1) is 20.6. The van der Waals surface area contributed by atoms with Gasteiger partial charge in [0.05, 0.1) is 0 Å². The van der Waals surface area contributed by atoms with Crippen LogP contribution in [-0.4, -0.2) is 7.63 Å². The molecule has 0 N–H and O–H groups in total. The Balaban J connectivity index is 0.000000281. The topological polar surface area (TPSA) is 0 Å². The molecule has 0 amide bonds. The predicted octanol–water partition coefficient (Wildman–Crippen LogP) is 12.7. The quantitative estimate of drug-likeness (QED) is 0.125. The molecular formula is C42H38Cl2SiTi-4. The first-order valence-corrected chi connectivity index (χ1v) is 17.0. The number of hydrogen-bond acceptors (Lipinski definition) is 0. The molecule has 0 nitrogen and oxygen atoms in total. The second kappa shape index (κ2) is 17.5. The van der Waals surface area contributed by atoms with Gasteiger partial charge < -0.3 is 14.9 Å². The summed E-state index contributed by atoms with van der Waals surface area (Å²) >= 11 is 1.81. The molecule has 0 bridgehead atoms. The SMILES string of the molecule is Cc1cc2c(-c3ccc4ccccc4c3)cccc2[cH-]1.Cc1cc2c(-c3ccc4ccccc4c3)cccc2[cH-]1.Cl.Cl.[CH3-].[CH3-].[Si]=[Ti]. The van der Waals surface area contributed by atoms with Gasteiger partial charge in [-0.15, -0.1) is 93.9 Å². The van der Waals surface area contributed by atoms with E-state index >= 15 is 0 Å². The third-order valence-electron chi connectivity index (χ3n) is 7.91. The Morgan fingerprint density at radius 1 is 0.435 bits per heavy atom. The average molecular weight is 690 g/mol. The van der Waals surface area contributed by atoms with Gasteiger partial charge in [0.1, 0.15) is 0 Å². The van der Waals surface area contributed by atoms with Crippen molar-refractivity contribution >= 4 is 75.5 Å². The summed E-state index contributed by atoms with van der Waals surface area (Å²) in [4.78, 5) is 0. The van der Waals surface area contributed by atoms with Gasteiger partial charge in [-0.3, -0.25) is 0 Å². The molecule has 0 aliphatic rings. The predicted molar refractivity (Wildman–Crippen MR) is 208 cm³/mol. The van der Waals surface area contributed by atoms with Crippen molar-refractivity contribution in [1.82, 2.24) is 0 Å². The molecule has 0 heterocycles. The molecule has 0 saturated heterocycles. The minimum absolute atomic E-state index is 0. The molecule has 0 spiro atoms. The molecule has 0 aliphatic carbocycles. The van der Waals surface area contributed by atoms with Crippen LogP contribution >= 0.6 is 24.8 Å². The number of hydrogen-bond donors (Lipinski definition) is 0. The molecule has 0 saturated carbocycles. The summed E-state index contributed by atoms with van der Waals surface area (Å²) in [6, 6.07) is 52.6. The molecular weight excluding hydrogens is 651 g/mol. The van der Waals surface area contributed by atoms with E-state index < -0.39 is 0 Å². The fourth-order valence-corrected chi connectivity index (χ4v) is 5.99. The summed E-state index contributed by atoms with van der Waals surface area (Å²) in [6.45, 7) is 4.31. The van der Waals surface area contributed by atoms with Gasteiger partial charge in [-0.1, -0.05) is 110 Å². The minimum atomic E-state index is 0. The molecule has 2 radical (unpaired) electrons. The van der Waals surface area contributed by atoms with E-state index in [4.69, 9.17) is 0 Å². The maximum atomic E-state index is 2.97. The standard InChI is InChI=1S/2C20H15.2CH3.2ClH.Si.Ti/c2*1-14-11-17-7-4-8-19(20(17)12-14)18-10-9-15-5-2-3-6-16(15)13-18;;;;;;/h2*2-13H,1H3;2*1H3;2*1H;;/q4*-1;;;;. The molecule has 4 heteroatoms. The normalized spacial score (nSPS) is 9.85. The maximum absolute atomic E-state index is 2.97. The van der Waals surface area contributed by atoms with Crippen LogP contribution in [0, 0.1) is 28.7 Å². The van der Waals surface area contributed by atoms with Crippen LogP contribution in [0.25, 0.3) is 65.3 Å². The van der Waals surface area contributed by atoms with Gasteiger partial charge in [0.25, 0.3) is 0 Å². The summed E-state index contributed by atoms with van der Waals surface area (Å²) < 4.78 is 0. The first-order valence-electron chi connectivity index (χ1n) is 14.2. The number of aryl methyl sites for hydroxylation is 2. The Morgan fingerprint density at radius 3 is 1.20 bits per heavy atom. The Labute approximate surface area is 300 Å². The van der Waals surface area contributed by atoms with Crippen molar-refractivity contribution in [3.05, 3.63) is 172 Å². The number of benzene rings is 6. The van der Waals surface area contributed by atoms with Crippen LogP contribution in [0.2, 0.25) is 0 Å². The monoisotopic (exact) mass is 688 g/mol. The zero-order valence-electron chi connectivity index (χ0n) is 26.7. The van der Waals surface area contributed by atoms with Crippen molar-refractivity contribution in [2.75, 3.05) is 0 Å². The molecule has 8 aromatic rings. The van der Waals surface area contributed by atoms with Gasteiger partial charge in [0, 0.05) is 0 Å². The van der Waals surface area contributed by atoms with Gasteiger partial charge in [0.2, 0.25) is 0 Å². The second-order valence-electron chi connectivity index (χ2n) is 10.8. The molecule has 0 fully saturated rings. The van der Waals surface area contributed by atoms with Crippen molar-refractivity contribution < 1.29 is 19.2 Å². The average Bonchev–Trinajstić information content (AvgIpc) is 3.62. The zero-order chi connectivity index (χ0) is 29.1. The van der Waals surface area contributed by atoms with E-state index in [0.29, 0.717) is 0 Å². The number of rotatable bonds is 2. The van der Waals surface area contributed by atoms with Crippen LogP contribution in [0.15, 0.2) is 146 Å². The molecule has 0 unspecified atom stereocenters. The summed E-state index contributed by atoms with van der Waals surface area (Å²) in [6.07, 6.45) is 0. The van der Waals surface area contributed by atoms with Crippen LogP contribution < -0.4 is 0 Å². The third-order valence-corrected chi connectivity index (χ3v) is 7.91. The Morgan fingerprint density at radius 2 is 0.804 bits per heavy atom. The summed E-state index contributed by atoms with van der Waals surface area (Å²) in [5, 5.41) is 10.5. The van der Waals surface area contributed by atoms with Crippen molar-refractivity contribution in [2.45, 2.75) is 13.8 Å². The van der Waals surface area contributed by atoms with Crippen molar-refractivity contribution in [3.63, 3.8) is 0 Å². The third kappa shape index (κ3) is 8.10. The Bertz CT molecular complexity index is 2020. The van der Waals surface area contributed by atoms with Crippen LogP contribution in [0.1, 0.15) is 11.1 Å². The van der Waals surface area contributed by atoms with Crippen molar-refractivity contribution in [1.29, 1.82) is 0 Å². The van der Waals surface area contributed by atoms with E-state index in [1.54, 1.807) is 19.2 Å².